The molecule has 138 valence electrons. The lowest BCUT2D eigenvalue weighted by molar-refractivity contribution is -0.124. The molecule has 0 aromatic heterocycles. The van der Waals surface area contributed by atoms with Gasteiger partial charge in [-0.2, -0.15) is 0 Å². The van der Waals surface area contributed by atoms with Crippen molar-refractivity contribution in [2.24, 2.45) is 5.92 Å². The number of carbonyl (C=O) groups excluding carboxylic acids is 1. The monoisotopic (exact) mass is 357 g/mol. The predicted octanol–water partition coefficient (Wildman–Crippen LogP) is 2.57. The van der Waals surface area contributed by atoms with Crippen LogP contribution in [-0.4, -0.2) is 25.6 Å². The fourth-order valence-corrected chi connectivity index (χ4v) is 3.01. The summed E-state index contributed by atoms with van der Waals surface area (Å²) in [5.41, 5.74) is 7.36. The van der Waals surface area contributed by atoms with Crippen LogP contribution in [0.15, 0.2) is 54.6 Å². The van der Waals surface area contributed by atoms with Crippen LogP contribution in [0.2, 0.25) is 0 Å². The van der Waals surface area contributed by atoms with E-state index in [1.54, 1.807) is 12.1 Å². The summed E-state index contributed by atoms with van der Waals surface area (Å²) in [7, 11) is 0. The molecule has 0 bridgehead atoms. The van der Waals surface area contributed by atoms with Crippen LogP contribution in [0.4, 0.5) is 4.39 Å². The van der Waals surface area contributed by atoms with E-state index in [0.29, 0.717) is 25.4 Å². The Kier molecular flexibility index (Phi) is 6.57. The van der Waals surface area contributed by atoms with E-state index in [9.17, 15) is 9.18 Å². The minimum Gasteiger partial charge on any atom is -0.494 e. The summed E-state index contributed by atoms with van der Waals surface area (Å²) < 4.78 is 18.4. The van der Waals surface area contributed by atoms with E-state index in [1.807, 2.05) is 30.3 Å². The maximum Gasteiger partial charge on any atom is 0.226 e. The van der Waals surface area contributed by atoms with E-state index >= 15 is 0 Å². The molecule has 0 aliphatic carbocycles. The average Bonchev–Trinajstić information content (AvgIpc) is 3.16. The van der Waals surface area contributed by atoms with Crippen molar-refractivity contribution in [2.75, 3.05) is 19.7 Å². The van der Waals surface area contributed by atoms with Gasteiger partial charge in [-0.15, -0.1) is 0 Å². The summed E-state index contributed by atoms with van der Waals surface area (Å²) in [6.07, 6.45) is 1.65. The summed E-state index contributed by atoms with van der Waals surface area (Å²) in [5.74, 6) is 0.303. The maximum atomic E-state index is 12.8. The van der Waals surface area contributed by atoms with Crippen molar-refractivity contribution in [2.45, 2.75) is 18.9 Å². The van der Waals surface area contributed by atoms with Crippen molar-refractivity contribution in [1.29, 1.82) is 0 Å². The van der Waals surface area contributed by atoms with Gasteiger partial charge in [0.2, 0.25) is 5.91 Å². The second kappa shape index (κ2) is 9.31. The molecule has 2 aromatic carbocycles. The van der Waals surface area contributed by atoms with Gasteiger partial charge >= 0.3 is 0 Å². The number of nitrogens with one attached hydrogen (secondary N) is 3. The van der Waals surface area contributed by atoms with Crippen LogP contribution in [0, 0.1) is 11.7 Å². The minimum atomic E-state index is -0.273. The minimum absolute atomic E-state index is 0.0157. The van der Waals surface area contributed by atoms with Crippen LogP contribution in [-0.2, 0) is 4.79 Å². The SMILES string of the molecule is O=C(NCCCCOc1ccc(F)cc1)C1CNNC1c1ccccc1. The third-order valence-electron chi connectivity index (χ3n) is 4.43. The predicted molar refractivity (Wildman–Crippen MR) is 98.0 cm³/mol. The first-order valence-electron chi connectivity index (χ1n) is 8.93. The third-order valence-corrected chi connectivity index (χ3v) is 4.43. The average molecular weight is 357 g/mol. The van der Waals surface area contributed by atoms with E-state index in [0.717, 1.165) is 18.4 Å². The lowest BCUT2D eigenvalue weighted by atomic mass is 9.94. The molecule has 1 saturated heterocycles. The molecule has 6 heteroatoms. The molecule has 5 nitrogen and oxygen atoms in total. The number of unbranched alkanes of at least 4 members (excludes halogenated alkanes) is 1. The van der Waals surface area contributed by atoms with Gasteiger partial charge in [-0.1, -0.05) is 30.3 Å². The topological polar surface area (TPSA) is 62.4 Å². The fraction of sp³-hybridized carbons (Fsp3) is 0.350. The number of benzene rings is 2. The van der Waals surface area contributed by atoms with Crippen LogP contribution < -0.4 is 20.9 Å². The molecule has 1 amide bonds. The molecule has 2 unspecified atom stereocenters. The van der Waals surface area contributed by atoms with E-state index in [-0.39, 0.29) is 23.7 Å². The van der Waals surface area contributed by atoms with E-state index in [2.05, 4.69) is 16.2 Å². The van der Waals surface area contributed by atoms with Crippen molar-refractivity contribution in [3.05, 3.63) is 66.0 Å². The zero-order valence-corrected chi connectivity index (χ0v) is 14.6. The Balaban J connectivity index is 1.35. The third kappa shape index (κ3) is 5.03. The van der Waals surface area contributed by atoms with Gasteiger partial charge < -0.3 is 10.1 Å². The smallest absolute Gasteiger partial charge is 0.226 e. The van der Waals surface area contributed by atoms with E-state index < -0.39 is 0 Å². The number of rotatable bonds is 8. The highest BCUT2D eigenvalue weighted by atomic mass is 19.1. The lowest BCUT2D eigenvalue weighted by Gasteiger charge is -2.18. The first-order valence-corrected chi connectivity index (χ1v) is 8.93. The fourth-order valence-electron chi connectivity index (χ4n) is 3.01. The second-order valence-electron chi connectivity index (χ2n) is 6.32. The molecule has 0 saturated carbocycles. The van der Waals surface area contributed by atoms with Crippen molar-refractivity contribution >= 4 is 5.91 Å². The van der Waals surface area contributed by atoms with Gasteiger partial charge in [0.05, 0.1) is 18.6 Å². The molecular formula is C20H24FN3O2. The highest BCUT2D eigenvalue weighted by molar-refractivity contribution is 5.80. The number of hydrazine groups is 1. The normalized spacial score (nSPS) is 19.3. The van der Waals surface area contributed by atoms with Gasteiger partial charge in [-0.05, 0) is 42.7 Å². The van der Waals surface area contributed by atoms with Crippen molar-refractivity contribution < 1.29 is 13.9 Å². The Bertz CT molecular complexity index is 694. The molecular weight excluding hydrogens is 333 g/mol. The van der Waals surface area contributed by atoms with Gasteiger partial charge in [0.15, 0.2) is 0 Å². The van der Waals surface area contributed by atoms with E-state index in [1.165, 1.54) is 12.1 Å². The number of hydrogen-bond acceptors (Lipinski definition) is 4. The molecule has 26 heavy (non-hydrogen) atoms. The summed E-state index contributed by atoms with van der Waals surface area (Å²) >= 11 is 0. The number of amides is 1. The molecule has 3 N–H and O–H groups in total. The highest BCUT2D eigenvalue weighted by Crippen LogP contribution is 2.24. The van der Waals surface area contributed by atoms with E-state index in [4.69, 9.17) is 4.74 Å². The Morgan fingerprint density at radius 3 is 2.65 bits per heavy atom. The lowest BCUT2D eigenvalue weighted by Crippen LogP contribution is -2.35. The first-order chi connectivity index (χ1) is 12.7. The Morgan fingerprint density at radius 1 is 1.12 bits per heavy atom. The quantitative estimate of drug-likeness (QED) is 0.636. The Hall–Kier alpha value is -2.44. The van der Waals surface area contributed by atoms with Crippen molar-refractivity contribution in [3.8, 4) is 5.75 Å². The van der Waals surface area contributed by atoms with Gasteiger partial charge in [-0.25, -0.2) is 9.82 Å². The Morgan fingerprint density at radius 2 is 1.88 bits per heavy atom. The molecule has 0 spiro atoms. The number of ether oxygens (including phenoxy) is 1. The van der Waals surface area contributed by atoms with Gasteiger partial charge in [0, 0.05) is 13.1 Å². The maximum absolute atomic E-state index is 12.8. The number of carbonyl (C=O) groups is 1. The molecule has 1 aliphatic rings. The largest absolute Gasteiger partial charge is 0.494 e. The molecule has 1 fully saturated rings. The molecule has 3 rings (SSSR count). The first kappa shape index (κ1) is 18.4. The summed E-state index contributed by atoms with van der Waals surface area (Å²) in [6, 6.07) is 15.9. The number of hydrogen-bond donors (Lipinski definition) is 3. The van der Waals surface area contributed by atoms with Crippen LogP contribution in [0.25, 0.3) is 0 Å². The Labute approximate surface area is 152 Å². The van der Waals surface area contributed by atoms with Gasteiger partial charge in [-0.3, -0.25) is 10.2 Å². The summed E-state index contributed by atoms with van der Waals surface area (Å²) in [5, 5.41) is 3.01. The van der Waals surface area contributed by atoms with Gasteiger partial charge in [0.25, 0.3) is 0 Å². The molecule has 2 atom stereocenters. The van der Waals surface area contributed by atoms with Gasteiger partial charge in [0.1, 0.15) is 11.6 Å². The van der Waals surface area contributed by atoms with Crippen molar-refractivity contribution in [3.63, 3.8) is 0 Å². The summed E-state index contributed by atoms with van der Waals surface area (Å²) in [4.78, 5) is 12.5. The van der Waals surface area contributed by atoms with Crippen LogP contribution in [0.1, 0.15) is 24.4 Å². The zero-order valence-electron chi connectivity index (χ0n) is 14.6. The highest BCUT2D eigenvalue weighted by Gasteiger charge is 2.33. The summed E-state index contributed by atoms with van der Waals surface area (Å²) in [6.45, 7) is 1.77. The molecule has 0 radical (unpaired) electrons. The second-order valence-corrected chi connectivity index (χ2v) is 6.32. The molecule has 1 aliphatic heterocycles. The van der Waals surface area contributed by atoms with Crippen molar-refractivity contribution in [1.82, 2.24) is 16.2 Å². The molecule has 1 heterocycles. The van der Waals surface area contributed by atoms with Crippen LogP contribution >= 0.6 is 0 Å². The zero-order chi connectivity index (χ0) is 18.2. The number of halogens is 1. The molecule has 2 aromatic rings. The van der Waals surface area contributed by atoms with Crippen LogP contribution in [0.3, 0.4) is 0 Å². The standard InChI is InChI=1S/C20H24FN3O2/c21-16-8-10-17(11-9-16)26-13-5-4-12-22-20(25)18-14-23-24-19(18)15-6-2-1-3-7-15/h1-3,6-11,18-19,23-24H,4-5,12-14H2,(H,22,25). The van der Waals surface area contributed by atoms with Crippen LogP contribution in [0.5, 0.6) is 5.75 Å².